The van der Waals surface area contributed by atoms with Crippen molar-refractivity contribution in [3.8, 4) is 0 Å². The van der Waals surface area contributed by atoms with Crippen molar-refractivity contribution >= 4 is 24.8 Å². The van der Waals surface area contributed by atoms with Crippen LogP contribution in [0.2, 0.25) is 0 Å². The third kappa shape index (κ3) is 5.21. The molecule has 0 heterocycles. The van der Waals surface area contributed by atoms with Gasteiger partial charge in [0.25, 0.3) is 0 Å². The van der Waals surface area contributed by atoms with E-state index in [9.17, 15) is 0 Å². The Kier molecular flexibility index (Phi) is 7.46. The Morgan fingerprint density at radius 1 is 0.333 bits per heavy atom. The predicted octanol–water partition coefficient (Wildman–Crippen LogP) is 3.12. The fourth-order valence-electron chi connectivity index (χ4n) is 5.08. The monoisotopic (exact) mass is 380 g/mol. The number of rotatable bonds is 0. The van der Waals surface area contributed by atoms with E-state index in [1.807, 2.05) is 0 Å². The maximum absolute atomic E-state index is 6.20. The highest BCUT2D eigenvalue weighted by atomic mass is 35.5. The van der Waals surface area contributed by atoms with Crippen LogP contribution in [-0.2, 0) is 0 Å². The van der Waals surface area contributed by atoms with Gasteiger partial charge in [-0.1, -0.05) is 0 Å². The molecule has 0 amide bonds. The topological polar surface area (TPSA) is 104 Å². The summed E-state index contributed by atoms with van der Waals surface area (Å²) in [6, 6.07) is 0. The Morgan fingerprint density at radius 2 is 0.500 bits per heavy atom. The van der Waals surface area contributed by atoms with Crippen molar-refractivity contribution in [2.45, 2.75) is 112 Å². The van der Waals surface area contributed by atoms with Gasteiger partial charge in [0.1, 0.15) is 0 Å². The van der Waals surface area contributed by atoms with Gasteiger partial charge >= 0.3 is 0 Å². The molecule has 0 aliphatic heterocycles. The van der Waals surface area contributed by atoms with E-state index in [-0.39, 0.29) is 47.0 Å². The first-order chi connectivity index (χ1) is 10.2. The van der Waals surface area contributed by atoms with Gasteiger partial charge in [0, 0.05) is 22.2 Å². The van der Waals surface area contributed by atoms with Crippen molar-refractivity contribution in [3.05, 3.63) is 0 Å². The molecule has 6 aliphatic rings. The van der Waals surface area contributed by atoms with E-state index in [0.717, 1.165) is 51.4 Å². The normalized spacial score (nSPS) is 46.5. The lowest BCUT2D eigenvalue weighted by Gasteiger charge is -2.38. The molecule has 6 fully saturated rings. The Bertz CT molecular complexity index is 326. The zero-order valence-electron chi connectivity index (χ0n) is 15.0. The van der Waals surface area contributed by atoms with Gasteiger partial charge in [-0.25, -0.2) is 0 Å². The van der Waals surface area contributed by atoms with Gasteiger partial charge in [0.15, 0.2) is 0 Å². The first-order valence-corrected chi connectivity index (χ1v) is 9.40. The zero-order valence-corrected chi connectivity index (χ0v) is 16.7. The Morgan fingerprint density at radius 3 is 0.667 bits per heavy atom. The highest BCUT2D eigenvalue weighted by Gasteiger charge is 2.42. The molecule has 0 aromatic heterocycles. The number of hydrogen-bond donors (Lipinski definition) is 4. The highest BCUT2D eigenvalue weighted by Crippen LogP contribution is 2.42. The van der Waals surface area contributed by atoms with Crippen molar-refractivity contribution in [1.82, 2.24) is 0 Å². The van der Waals surface area contributed by atoms with Gasteiger partial charge in [-0.05, 0) is 89.9 Å². The van der Waals surface area contributed by atoms with Crippen LogP contribution in [0.1, 0.15) is 89.9 Å². The van der Waals surface area contributed by atoms with E-state index in [1.165, 1.54) is 38.5 Å². The Hall–Kier alpha value is 0.420. The van der Waals surface area contributed by atoms with Gasteiger partial charge in [-0.3, -0.25) is 0 Å². The molecular formula is C18H38Cl2N4. The van der Waals surface area contributed by atoms with E-state index in [1.54, 1.807) is 0 Å². The molecule has 0 unspecified atom stereocenters. The molecule has 4 nitrogen and oxygen atoms in total. The van der Waals surface area contributed by atoms with Crippen LogP contribution in [0.3, 0.4) is 0 Å². The first-order valence-electron chi connectivity index (χ1n) is 9.40. The summed E-state index contributed by atoms with van der Waals surface area (Å²) in [6.45, 7) is 0. The number of hydrogen-bond acceptors (Lipinski definition) is 4. The van der Waals surface area contributed by atoms with Gasteiger partial charge < -0.3 is 22.9 Å². The molecule has 6 rings (SSSR count). The summed E-state index contributed by atoms with van der Waals surface area (Å²) in [5.41, 5.74) is 25.5. The van der Waals surface area contributed by atoms with Crippen molar-refractivity contribution in [1.29, 1.82) is 0 Å². The van der Waals surface area contributed by atoms with E-state index >= 15 is 0 Å². The summed E-state index contributed by atoms with van der Waals surface area (Å²) in [5, 5.41) is 0. The number of nitrogens with two attached hydrogens (primary N) is 4. The molecule has 0 aromatic rings. The van der Waals surface area contributed by atoms with Crippen LogP contribution in [-0.4, -0.2) is 22.2 Å². The van der Waals surface area contributed by atoms with E-state index in [2.05, 4.69) is 0 Å². The van der Waals surface area contributed by atoms with Crippen LogP contribution in [0.5, 0.6) is 0 Å². The molecule has 6 aliphatic carbocycles. The summed E-state index contributed by atoms with van der Waals surface area (Å²) in [5.74, 6) is 0. The molecule has 6 heteroatoms. The second kappa shape index (κ2) is 7.98. The van der Waals surface area contributed by atoms with E-state index in [0.29, 0.717) is 0 Å². The fourth-order valence-corrected chi connectivity index (χ4v) is 5.08. The van der Waals surface area contributed by atoms with Crippen LogP contribution in [0.25, 0.3) is 0 Å². The molecule has 0 aromatic carbocycles. The Balaban J connectivity index is 0.000000222. The first kappa shape index (κ1) is 22.5. The average molecular weight is 381 g/mol. The molecule has 0 spiro atoms. The molecule has 6 saturated carbocycles. The second-order valence-corrected chi connectivity index (χ2v) is 9.16. The SMILES string of the molecule is Cl.Cl.NC12CCCC(N)(CC1)CC2.NC12CCCC(N)(CC1)CC2. The highest BCUT2D eigenvalue weighted by molar-refractivity contribution is 5.85. The number of halogens is 2. The lowest BCUT2D eigenvalue weighted by molar-refractivity contribution is 0.231. The fraction of sp³-hybridized carbons (Fsp3) is 1.00. The van der Waals surface area contributed by atoms with Gasteiger partial charge in [0.05, 0.1) is 0 Å². The van der Waals surface area contributed by atoms with Crippen LogP contribution in [0, 0.1) is 0 Å². The van der Waals surface area contributed by atoms with Crippen LogP contribution < -0.4 is 22.9 Å². The van der Waals surface area contributed by atoms with Crippen LogP contribution in [0.15, 0.2) is 0 Å². The minimum absolute atomic E-state index is 0. The minimum atomic E-state index is 0. The molecule has 4 bridgehead atoms. The minimum Gasteiger partial charge on any atom is -0.325 e. The molecule has 8 N–H and O–H groups in total. The molecule has 0 atom stereocenters. The largest absolute Gasteiger partial charge is 0.325 e. The third-order valence-corrected chi connectivity index (χ3v) is 7.18. The van der Waals surface area contributed by atoms with Crippen molar-refractivity contribution < 1.29 is 0 Å². The smallest absolute Gasteiger partial charge is 0.0155 e. The lowest BCUT2D eigenvalue weighted by atomic mass is 9.75. The average Bonchev–Trinajstić information content (AvgIpc) is 2.85. The summed E-state index contributed by atoms with van der Waals surface area (Å²) in [4.78, 5) is 0. The lowest BCUT2D eigenvalue weighted by Crippen LogP contribution is -2.49. The quantitative estimate of drug-likeness (QED) is 0.517. The van der Waals surface area contributed by atoms with Gasteiger partial charge in [-0.2, -0.15) is 0 Å². The van der Waals surface area contributed by atoms with Crippen molar-refractivity contribution in [3.63, 3.8) is 0 Å². The van der Waals surface area contributed by atoms with Crippen molar-refractivity contribution in [2.75, 3.05) is 0 Å². The van der Waals surface area contributed by atoms with Crippen molar-refractivity contribution in [2.24, 2.45) is 22.9 Å². The van der Waals surface area contributed by atoms with E-state index in [4.69, 9.17) is 22.9 Å². The van der Waals surface area contributed by atoms with Gasteiger partial charge in [0.2, 0.25) is 0 Å². The van der Waals surface area contributed by atoms with Crippen LogP contribution >= 0.6 is 24.8 Å². The van der Waals surface area contributed by atoms with E-state index < -0.39 is 0 Å². The molecule has 24 heavy (non-hydrogen) atoms. The summed E-state index contributed by atoms with van der Waals surface area (Å²) in [7, 11) is 0. The summed E-state index contributed by atoms with van der Waals surface area (Å²) < 4.78 is 0. The third-order valence-electron chi connectivity index (χ3n) is 7.18. The molecular weight excluding hydrogens is 343 g/mol. The Labute approximate surface area is 160 Å². The maximum atomic E-state index is 6.20. The molecule has 0 saturated heterocycles. The van der Waals surface area contributed by atoms with Crippen LogP contribution in [0.4, 0.5) is 0 Å². The maximum Gasteiger partial charge on any atom is 0.0155 e. The number of fused-ring (bicyclic) bond motifs is 8. The van der Waals surface area contributed by atoms with Gasteiger partial charge in [-0.15, -0.1) is 24.8 Å². The summed E-state index contributed by atoms with van der Waals surface area (Å²) >= 11 is 0. The summed E-state index contributed by atoms with van der Waals surface area (Å²) in [6.07, 6.45) is 16.5. The molecule has 0 radical (unpaired) electrons. The zero-order chi connectivity index (χ0) is 15.9. The second-order valence-electron chi connectivity index (χ2n) is 9.16. The predicted molar refractivity (Wildman–Crippen MR) is 107 cm³/mol. The molecule has 144 valence electrons. The standard InChI is InChI=1S/2C9H18N2.2ClH/c2*10-8-2-1-3-9(11,6-4-8)7-5-8;;/h2*1-7,10-11H2;2*1H.